The molecule has 0 saturated carbocycles. The first kappa shape index (κ1) is 12.1. The molecule has 2 aromatic heterocycles. The van der Waals surface area contributed by atoms with Gasteiger partial charge in [0.25, 0.3) is 0 Å². The number of aliphatic hydroxyl groups is 1. The van der Waals surface area contributed by atoms with Crippen LogP contribution in [0.1, 0.15) is 9.75 Å². The highest BCUT2D eigenvalue weighted by atomic mass is 32.2. The van der Waals surface area contributed by atoms with Gasteiger partial charge in [-0.2, -0.15) is 0 Å². The Balaban J connectivity index is 1.94. The molecule has 0 aromatic carbocycles. The first-order valence-electron chi connectivity index (χ1n) is 4.97. The third kappa shape index (κ3) is 3.86. The Labute approximate surface area is 108 Å². The fraction of sp³-hybridized carbons (Fsp3) is 0.167. The minimum atomic E-state index is -0.0974. The van der Waals surface area contributed by atoms with Gasteiger partial charge >= 0.3 is 0 Å². The van der Waals surface area contributed by atoms with Crippen LogP contribution in [0.2, 0.25) is 0 Å². The van der Waals surface area contributed by atoms with Gasteiger partial charge in [-0.3, -0.25) is 0 Å². The quantitative estimate of drug-likeness (QED) is 0.523. The SMILES string of the molecule is OCC#Cc1ccc(CSc2ncccn2)s1. The molecule has 0 aliphatic carbocycles. The third-order valence-electron chi connectivity index (χ3n) is 1.84. The van der Waals surface area contributed by atoms with E-state index in [1.165, 1.54) is 4.88 Å². The van der Waals surface area contributed by atoms with Crippen LogP contribution in [0.25, 0.3) is 0 Å². The van der Waals surface area contributed by atoms with Gasteiger partial charge in [0.1, 0.15) is 6.61 Å². The molecule has 0 atom stereocenters. The van der Waals surface area contributed by atoms with Crippen molar-refractivity contribution < 1.29 is 5.11 Å². The maximum Gasteiger partial charge on any atom is 0.187 e. The highest BCUT2D eigenvalue weighted by molar-refractivity contribution is 7.98. The predicted octanol–water partition coefficient (Wildman–Crippen LogP) is 2.17. The highest BCUT2D eigenvalue weighted by Crippen LogP contribution is 2.23. The van der Waals surface area contributed by atoms with E-state index >= 15 is 0 Å². The maximum absolute atomic E-state index is 8.60. The number of aliphatic hydroxyl groups excluding tert-OH is 1. The van der Waals surface area contributed by atoms with Crippen LogP contribution in [0.3, 0.4) is 0 Å². The molecule has 2 rings (SSSR count). The minimum absolute atomic E-state index is 0.0974. The summed E-state index contributed by atoms with van der Waals surface area (Å²) in [5.41, 5.74) is 0. The molecule has 0 bridgehead atoms. The summed E-state index contributed by atoms with van der Waals surface area (Å²) in [6, 6.07) is 5.81. The molecule has 3 nitrogen and oxygen atoms in total. The molecule has 0 amide bonds. The fourth-order valence-corrected chi connectivity index (χ4v) is 2.87. The van der Waals surface area contributed by atoms with Crippen molar-refractivity contribution in [3.05, 3.63) is 40.3 Å². The Morgan fingerprint density at radius 2 is 2.12 bits per heavy atom. The number of hydrogen-bond acceptors (Lipinski definition) is 5. The zero-order chi connectivity index (χ0) is 11.9. The minimum Gasteiger partial charge on any atom is -0.384 e. The van der Waals surface area contributed by atoms with Crippen molar-refractivity contribution in [3.63, 3.8) is 0 Å². The van der Waals surface area contributed by atoms with Gasteiger partial charge in [0.05, 0.1) is 4.88 Å². The molecule has 5 heteroatoms. The molecule has 2 heterocycles. The molecule has 0 unspecified atom stereocenters. The van der Waals surface area contributed by atoms with E-state index in [0.29, 0.717) is 0 Å². The van der Waals surface area contributed by atoms with Crippen LogP contribution in [0.4, 0.5) is 0 Å². The zero-order valence-corrected chi connectivity index (χ0v) is 10.6. The van der Waals surface area contributed by atoms with Crippen molar-refractivity contribution in [2.75, 3.05) is 6.61 Å². The topological polar surface area (TPSA) is 46.0 Å². The number of aromatic nitrogens is 2. The summed E-state index contributed by atoms with van der Waals surface area (Å²) < 4.78 is 0. The van der Waals surface area contributed by atoms with Crippen molar-refractivity contribution in [2.45, 2.75) is 10.9 Å². The Morgan fingerprint density at radius 1 is 1.29 bits per heavy atom. The van der Waals surface area contributed by atoms with Crippen LogP contribution in [-0.4, -0.2) is 21.7 Å². The number of nitrogens with zero attached hydrogens (tertiary/aromatic N) is 2. The van der Waals surface area contributed by atoms with Crippen LogP contribution in [0, 0.1) is 11.8 Å². The number of rotatable bonds is 3. The molecule has 86 valence electrons. The molecule has 17 heavy (non-hydrogen) atoms. The summed E-state index contributed by atoms with van der Waals surface area (Å²) in [6.07, 6.45) is 3.48. The van der Waals surface area contributed by atoms with Gasteiger partial charge in [0, 0.05) is 23.0 Å². The van der Waals surface area contributed by atoms with Gasteiger partial charge in [-0.15, -0.1) is 11.3 Å². The lowest BCUT2D eigenvalue weighted by molar-refractivity contribution is 0.350. The largest absolute Gasteiger partial charge is 0.384 e. The lowest BCUT2D eigenvalue weighted by atomic mass is 10.4. The Hall–Kier alpha value is -1.35. The summed E-state index contributed by atoms with van der Waals surface area (Å²) >= 11 is 3.23. The van der Waals surface area contributed by atoms with E-state index in [-0.39, 0.29) is 6.61 Å². The van der Waals surface area contributed by atoms with Crippen molar-refractivity contribution in [2.24, 2.45) is 0 Å². The summed E-state index contributed by atoms with van der Waals surface area (Å²) in [7, 11) is 0. The lowest BCUT2D eigenvalue weighted by Gasteiger charge is -1.95. The summed E-state index contributed by atoms with van der Waals surface area (Å²) in [4.78, 5) is 10.5. The van der Waals surface area contributed by atoms with E-state index in [4.69, 9.17) is 5.11 Å². The molecule has 2 aromatic rings. The second-order valence-electron chi connectivity index (χ2n) is 3.05. The maximum atomic E-state index is 8.60. The van der Waals surface area contributed by atoms with E-state index in [0.717, 1.165) is 15.8 Å². The van der Waals surface area contributed by atoms with Crippen LogP contribution < -0.4 is 0 Å². The van der Waals surface area contributed by atoms with Crippen molar-refractivity contribution in [1.29, 1.82) is 0 Å². The fourth-order valence-electron chi connectivity index (χ4n) is 1.14. The van der Waals surface area contributed by atoms with E-state index in [2.05, 4.69) is 21.8 Å². The molecule has 0 spiro atoms. The van der Waals surface area contributed by atoms with Gasteiger partial charge in [-0.05, 0) is 18.2 Å². The summed E-state index contributed by atoms with van der Waals surface area (Å²) in [5.74, 6) is 6.37. The van der Waals surface area contributed by atoms with Gasteiger partial charge in [-0.1, -0.05) is 23.6 Å². The average molecular weight is 262 g/mol. The first-order chi connectivity index (χ1) is 8.38. The Morgan fingerprint density at radius 3 is 2.88 bits per heavy atom. The van der Waals surface area contributed by atoms with Crippen LogP contribution in [0.5, 0.6) is 0 Å². The van der Waals surface area contributed by atoms with Crippen LogP contribution in [-0.2, 0) is 5.75 Å². The Kier molecular flexibility index (Phi) is 4.56. The van der Waals surface area contributed by atoms with E-state index < -0.39 is 0 Å². The second kappa shape index (κ2) is 6.40. The van der Waals surface area contributed by atoms with E-state index in [1.807, 2.05) is 12.1 Å². The molecular formula is C12H10N2OS2. The predicted molar refractivity (Wildman–Crippen MR) is 69.9 cm³/mol. The molecule has 0 aliphatic rings. The number of thioether (sulfide) groups is 1. The van der Waals surface area contributed by atoms with Gasteiger partial charge < -0.3 is 5.11 Å². The number of hydrogen-bond donors (Lipinski definition) is 1. The lowest BCUT2D eigenvalue weighted by Crippen LogP contribution is -1.83. The number of thiophene rings is 1. The Bertz CT molecular complexity index is 528. The van der Waals surface area contributed by atoms with Gasteiger partial charge in [0.2, 0.25) is 0 Å². The normalized spacial score (nSPS) is 9.71. The zero-order valence-electron chi connectivity index (χ0n) is 8.96. The van der Waals surface area contributed by atoms with Gasteiger partial charge in [0.15, 0.2) is 5.16 Å². The molecule has 0 aliphatic heterocycles. The molecule has 0 saturated heterocycles. The van der Waals surface area contributed by atoms with Crippen molar-refractivity contribution in [3.8, 4) is 11.8 Å². The van der Waals surface area contributed by atoms with Crippen LogP contribution in [0.15, 0.2) is 35.7 Å². The molecule has 1 N–H and O–H groups in total. The van der Waals surface area contributed by atoms with E-state index in [9.17, 15) is 0 Å². The molecule has 0 radical (unpaired) electrons. The average Bonchev–Trinajstić information content (AvgIpc) is 2.83. The summed E-state index contributed by atoms with van der Waals surface area (Å²) in [6.45, 7) is -0.0974. The molecular weight excluding hydrogens is 252 g/mol. The van der Waals surface area contributed by atoms with Crippen molar-refractivity contribution >= 4 is 23.1 Å². The highest BCUT2D eigenvalue weighted by Gasteiger charge is 2.01. The monoisotopic (exact) mass is 262 g/mol. The molecule has 0 fully saturated rings. The first-order valence-corrected chi connectivity index (χ1v) is 6.77. The van der Waals surface area contributed by atoms with Crippen molar-refractivity contribution in [1.82, 2.24) is 9.97 Å². The standard InChI is InChI=1S/C12H10N2OS2/c15-8-1-3-10-4-5-11(17-10)9-16-12-13-6-2-7-14-12/h2,4-7,15H,8-9H2. The van der Waals surface area contributed by atoms with Gasteiger partial charge in [-0.25, -0.2) is 9.97 Å². The third-order valence-corrected chi connectivity index (χ3v) is 3.95. The smallest absolute Gasteiger partial charge is 0.187 e. The van der Waals surface area contributed by atoms with Crippen LogP contribution >= 0.6 is 23.1 Å². The second-order valence-corrected chi connectivity index (χ2v) is 5.16. The summed E-state index contributed by atoms with van der Waals surface area (Å²) in [5, 5.41) is 9.38. The van der Waals surface area contributed by atoms with E-state index in [1.54, 1.807) is 41.6 Å².